The summed E-state index contributed by atoms with van der Waals surface area (Å²) in [5, 5.41) is 14.4. The third-order valence-corrected chi connectivity index (χ3v) is 3.70. The van der Waals surface area contributed by atoms with Crippen LogP contribution in [-0.2, 0) is 13.0 Å². The first-order valence-electron chi connectivity index (χ1n) is 6.15. The second-order valence-electron chi connectivity index (χ2n) is 4.22. The molecule has 0 aliphatic carbocycles. The molecule has 0 aliphatic rings. The van der Waals surface area contributed by atoms with Crippen LogP contribution in [0.1, 0.15) is 30.7 Å². The lowest BCUT2D eigenvalue weighted by molar-refractivity contribution is 0.167. The summed E-state index contributed by atoms with van der Waals surface area (Å²) in [6.45, 7) is 2.92. The molecule has 2 rings (SSSR count). The van der Waals surface area contributed by atoms with Gasteiger partial charge >= 0.3 is 0 Å². The molecular formula is C14H17BrN2O. The van der Waals surface area contributed by atoms with Gasteiger partial charge in [0.2, 0.25) is 0 Å². The number of benzene rings is 1. The van der Waals surface area contributed by atoms with Crippen molar-refractivity contribution in [3.8, 4) is 0 Å². The number of aromatic nitrogens is 2. The predicted octanol–water partition coefficient (Wildman–Crippen LogP) is 3.33. The van der Waals surface area contributed by atoms with Crippen LogP contribution in [0.25, 0.3) is 0 Å². The third-order valence-electron chi connectivity index (χ3n) is 3.04. The highest BCUT2D eigenvalue weighted by molar-refractivity contribution is 9.10. The monoisotopic (exact) mass is 308 g/mol. The first-order chi connectivity index (χ1) is 8.72. The molecule has 1 heterocycles. The summed E-state index contributed by atoms with van der Waals surface area (Å²) in [6, 6.07) is 9.77. The SMILES string of the molecule is CCn1ncc(Br)c1CCC(O)c1ccccc1. The summed E-state index contributed by atoms with van der Waals surface area (Å²) >= 11 is 3.50. The van der Waals surface area contributed by atoms with Crippen molar-refractivity contribution in [3.05, 3.63) is 52.3 Å². The van der Waals surface area contributed by atoms with Gasteiger partial charge in [-0.1, -0.05) is 30.3 Å². The lowest BCUT2D eigenvalue weighted by atomic mass is 10.0. The number of hydrogen-bond donors (Lipinski definition) is 1. The number of nitrogens with zero attached hydrogens (tertiary/aromatic N) is 2. The highest BCUT2D eigenvalue weighted by Crippen LogP contribution is 2.22. The predicted molar refractivity (Wildman–Crippen MR) is 75.3 cm³/mol. The zero-order chi connectivity index (χ0) is 13.0. The van der Waals surface area contributed by atoms with Crippen LogP contribution in [0.5, 0.6) is 0 Å². The lowest BCUT2D eigenvalue weighted by Crippen LogP contribution is -2.06. The molecule has 0 fully saturated rings. The molecule has 1 atom stereocenters. The fraction of sp³-hybridized carbons (Fsp3) is 0.357. The summed E-state index contributed by atoms with van der Waals surface area (Å²) in [6.07, 6.45) is 2.91. The average Bonchev–Trinajstić information content (AvgIpc) is 2.77. The molecule has 0 saturated carbocycles. The van der Waals surface area contributed by atoms with Crippen LogP contribution < -0.4 is 0 Å². The number of hydrogen-bond acceptors (Lipinski definition) is 2. The zero-order valence-electron chi connectivity index (χ0n) is 10.4. The molecule has 0 saturated heterocycles. The van der Waals surface area contributed by atoms with Crippen LogP contribution in [0.4, 0.5) is 0 Å². The molecule has 96 valence electrons. The quantitative estimate of drug-likeness (QED) is 0.920. The molecule has 0 spiro atoms. The molecule has 18 heavy (non-hydrogen) atoms. The first kappa shape index (κ1) is 13.3. The minimum absolute atomic E-state index is 0.418. The molecule has 0 radical (unpaired) electrons. The average molecular weight is 309 g/mol. The minimum atomic E-state index is -0.418. The maximum Gasteiger partial charge on any atom is 0.0793 e. The summed E-state index contributed by atoms with van der Waals surface area (Å²) in [5.41, 5.74) is 2.11. The van der Waals surface area contributed by atoms with E-state index in [0.29, 0.717) is 6.42 Å². The Bertz CT molecular complexity index is 496. The van der Waals surface area contributed by atoms with Gasteiger partial charge < -0.3 is 5.11 Å². The molecule has 1 N–H and O–H groups in total. The Morgan fingerprint density at radius 3 is 2.72 bits per heavy atom. The number of rotatable bonds is 5. The van der Waals surface area contributed by atoms with Crippen molar-refractivity contribution >= 4 is 15.9 Å². The molecule has 3 nitrogen and oxygen atoms in total. The number of aliphatic hydroxyl groups excluding tert-OH is 1. The number of aliphatic hydroxyl groups is 1. The normalized spacial score (nSPS) is 12.6. The molecular weight excluding hydrogens is 292 g/mol. The lowest BCUT2D eigenvalue weighted by Gasteiger charge is -2.11. The van der Waals surface area contributed by atoms with E-state index < -0.39 is 6.10 Å². The fourth-order valence-corrected chi connectivity index (χ4v) is 2.52. The van der Waals surface area contributed by atoms with Crippen molar-refractivity contribution in [2.75, 3.05) is 0 Å². The zero-order valence-corrected chi connectivity index (χ0v) is 12.0. The summed E-state index contributed by atoms with van der Waals surface area (Å²) in [5.74, 6) is 0. The van der Waals surface area contributed by atoms with E-state index in [4.69, 9.17) is 0 Å². The smallest absolute Gasteiger partial charge is 0.0793 e. The maximum atomic E-state index is 10.1. The summed E-state index contributed by atoms with van der Waals surface area (Å²) in [4.78, 5) is 0. The highest BCUT2D eigenvalue weighted by atomic mass is 79.9. The van der Waals surface area contributed by atoms with E-state index in [1.807, 2.05) is 41.2 Å². The van der Waals surface area contributed by atoms with Crippen LogP contribution in [0, 0.1) is 0 Å². The Hall–Kier alpha value is -1.13. The van der Waals surface area contributed by atoms with Gasteiger partial charge in [0.05, 0.1) is 22.5 Å². The van der Waals surface area contributed by atoms with Gasteiger partial charge in [0, 0.05) is 6.54 Å². The van der Waals surface area contributed by atoms with Gasteiger partial charge in [-0.05, 0) is 41.3 Å². The minimum Gasteiger partial charge on any atom is -0.388 e. The van der Waals surface area contributed by atoms with Crippen molar-refractivity contribution in [2.45, 2.75) is 32.4 Å². The van der Waals surface area contributed by atoms with E-state index in [1.165, 1.54) is 0 Å². The van der Waals surface area contributed by atoms with E-state index in [-0.39, 0.29) is 0 Å². The Morgan fingerprint density at radius 1 is 1.33 bits per heavy atom. The number of halogens is 1. The topological polar surface area (TPSA) is 38.0 Å². The molecule has 4 heteroatoms. The van der Waals surface area contributed by atoms with Crippen molar-refractivity contribution in [2.24, 2.45) is 0 Å². The second kappa shape index (κ2) is 6.16. The molecule has 1 aromatic carbocycles. The Labute approximate surface area is 116 Å². The van der Waals surface area contributed by atoms with Gasteiger partial charge in [-0.25, -0.2) is 0 Å². The van der Waals surface area contributed by atoms with Crippen LogP contribution in [0.3, 0.4) is 0 Å². The number of aryl methyl sites for hydroxylation is 1. The van der Waals surface area contributed by atoms with Crippen molar-refractivity contribution in [3.63, 3.8) is 0 Å². The van der Waals surface area contributed by atoms with Crippen LogP contribution in [0.2, 0.25) is 0 Å². The van der Waals surface area contributed by atoms with Crippen LogP contribution in [-0.4, -0.2) is 14.9 Å². The molecule has 2 aromatic rings. The highest BCUT2D eigenvalue weighted by Gasteiger charge is 2.12. The van der Waals surface area contributed by atoms with Crippen LogP contribution >= 0.6 is 15.9 Å². The maximum absolute atomic E-state index is 10.1. The van der Waals surface area contributed by atoms with Gasteiger partial charge in [-0.3, -0.25) is 4.68 Å². The molecule has 0 aliphatic heterocycles. The van der Waals surface area contributed by atoms with E-state index in [2.05, 4.69) is 28.0 Å². The van der Waals surface area contributed by atoms with Gasteiger partial charge in [0.1, 0.15) is 0 Å². The molecule has 0 amide bonds. The third kappa shape index (κ3) is 3.00. The van der Waals surface area contributed by atoms with Gasteiger partial charge in [0.25, 0.3) is 0 Å². The molecule has 1 unspecified atom stereocenters. The van der Waals surface area contributed by atoms with Gasteiger partial charge in [-0.15, -0.1) is 0 Å². The summed E-state index contributed by atoms with van der Waals surface area (Å²) in [7, 11) is 0. The fourth-order valence-electron chi connectivity index (χ4n) is 2.02. The van der Waals surface area contributed by atoms with Crippen molar-refractivity contribution in [1.29, 1.82) is 0 Å². The molecule has 1 aromatic heterocycles. The van der Waals surface area contributed by atoms with E-state index in [1.54, 1.807) is 0 Å². The summed E-state index contributed by atoms with van der Waals surface area (Å²) < 4.78 is 2.98. The Kier molecular flexibility index (Phi) is 4.55. The van der Waals surface area contributed by atoms with E-state index in [9.17, 15) is 5.11 Å². The second-order valence-corrected chi connectivity index (χ2v) is 5.07. The van der Waals surface area contributed by atoms with Crippen LogP contribution in [0.15, 0.2) is 41.0 Å². The van der Waals surface area contributed by atoms with Gasteiger partial charge in [0.15, 0.2) is 0 Å². The Balaban J connectivity index is 2.01. The van der Waals surface area contributed by atoms with Crippen molar-refractivity contribution < 1.29 is 5.11 Å². The van der Waals surface area contributed by atoms with E-state index >= 15 is 0 Å². The molecule has 0 bridgehead atoms. The van der Waals surface area contributed by atoms with Crippen molar-refractivity contribution in [1.82, 2.24) is 9.78 Å². The Morgan fingerprint density at radius 2 is 2.06 bits per heavy atom. The van der Waals surface area contributed by atoms with E-state index in [0.717, 1.165) is 28.7 Å². The standard InChI is InChI=1S/C14H17BrN2O/c1-2-17-13(12(15)10-16-17)8-9-14(18)11-6-4-3-5-7-11/h3-7,10,14,18H,2,8-9H2,1H3. The van der Waals surface area contributed by atoms with Gasteiger partial charge in [-0.2, -0.15) is 5.10 Å². The largest absolute Gasteiger partial charge is 0.388 e. The first-order valence-corrected chi connectivity index (χ1v) is 6.95.